The van der Waals surface area contributed by atoms with E-state index in [9.17, 15) is 28.8 Å². The van der Waals surface area contributed by atoms with Crippen LogP contribution in [0.15, 0.2) is 59.7 Å². The SMILES string of the molecule is CC(=O)Oc1cc(N(C(C)=O)C(C)=O)ccc1C(=O)N(/N=C/c1c(OC(C)=O)ccc2ccccc12)C(C)=O. The van der Waals surface area contributed by atoms with Gasteiger partial charge in [0.15, 0.2) is 0 Å². The van der Waals surface area contributed by atoms with E-state index in [0.29, 0.717) is 16.0 Å². The molecule has 0 bridgehead atoms. The predicted molar refractivity (Wildman–Crippen MR) is 141 cm³/mol. The third-order valence-corrected chi connectivity index (χ3v) is 5.31. The number of hydrazone groups is 1. The van der Waals surface area contributed by atoms with Crippen LogP contribution in [0.5, 0.6) is 11.5 Å². The van der Waals surface area contributed by atoms with Gasteiger partial charge in [0.25, 0.3) is 5.91 Å². The molecule has 0 fully saturated rings. The topological polar surface area (TPSA) is 140 Å². The van der Waals surface area contributed by atoms with Crippen molar-refractivity contribution in [2.45, 2.75) is 34.6 Å². The maximum atomic E-state index is 13.5. The molecule has 39 heavy (non-hydrogen) atoms. The van der Waals surface area contributed by atoms with Crippen molar-refractivity contribution in [1.82, 2.24) is 5.01 Å². The van der Waals surface area contributed by atoms with Crippen molar-refractivity contribution in [1.29, 1.82) is 0 Å². The molecule has 0 heterocycles. The minimum atomic E-state index is -0.951. The molecule has 0 radical (unpaired) electrons. The highest BCUT2D eigenvalue weighted by Gasteiger charge is 2.26. The second-order valence-electron chi connectivity index (χ2n) is 8.32. The predicted octanol–water partition coefficient (Wildman–Crippen LogP) is 3.61. The number of fused-ring (bicyclic) bond motifs is 1. The van der Waals surface area contributed by atoms with E-state index in [0.717, 1.165) is 24.1 Å². The summed E-state index contributed by atoms with van der Waals surface area (Å²) in [5.41, 5.74) is 0.172. The lowest BCUT2D eigenvalue weighted by atomic mass is 10.0. The van der Waals surface area contributed by atoms with Gasteiger partial charge in [0.2, 0.25) is 17.7 Å². The Morgan fingerprint density at radius 3 is 1.92 bits per heavy atom. The molecular formula is C28H25N3O8. The lowest BCUT2D eigenvalue weighted by Gasteiger charge is -2.20. The Kier molecular flexibility index (Phi) is 8.66. The number of hydrogen-bond acceptors (Lipinski definition) is 9. The molecule has 11 nitrogen and oxygen atoms in total. The third kappa shape index (κ3) is 6.58. The number of esters is 2. The zero-order chi connectivity index (χ0) is 28.9. The number of rotatable bonds is 6. The number of benzene rings is 3. The molecule has 200 valence electrons. The van der Waals surface area contributed by atoms with Gasteiger partial charge in [-0.3, -0.25) is 33.7 Å². The quantitative estimate of drug-likeness (QED) is 0.203. The standard InChI is InChI=1S/C28H25N3O8/c1-16(32)30(17(2)33)22-11-12-24(27(14-22)39-20(5)36)28(37)31(18(3)34)29-15-25-23-9-7-6-8-21(23)10-13-26(25)38-19(4)35/h6-15H,1-5H3/b29-15+. The van der Waals surface area contributed by atoms with Gasteiger partial charge in [-0.15, -0.1) is 0 Å². The molecule has 0 saturated carbocycles. The van der Waals surface area contributed by atoms with E-state index in [4.69, 9.17) is 9.47 Å². The highest BCUT2D eigenvalue weighted by molar-refractivity contribution is 6.14. The molecular weight excluding hydrogens is 506 g/mol. The molecule has 11 heteroatoms. The van der Waals surface area contributed by atoms with Gasteiger partial charge in [0, 0.05) is 46.2 Å². The van der Waals surface area contributed by atoms with E-state index in [1.54, 1.807) is 24.3 Å². The van der Waals surface area contributed by atoms with Gasteiger partial charge >= 0.3 is 11.9 Å². The van der Waals surface area contributed by atoms with E-state index in [1.165, 1.54) is 45.2 Å². The van der Waals surface area contributed by atoms with Gasteiger partial charge in [-0.05, 0) is 29.0 Å². The van der Waals surface area contributed by atoms with Crippen LogP contribution in [-0.2, 0) is 24.0 Å². The summed E-state index contributed by atoms with van der Waals surface area (Å²) in [6.45, 7) is 5.80. The average molecular weight is 532 g/mol. The van der Waals surface area contributed by atoms with Crippen molar-refractivity contribution < 1.29 is 38.2 Å². The van der Waals surface area contributed by atoms with Crippen LogP contribution >= 0.6 is 0 Å². The minimum Gasteiger partial charge on any atom is -0.426 e. The second kappa shape index (κ2) is 11.9. The van der Waals surface area contributed by atoms with Gasteiger partial charge in [-0.25, -0.2) is 0 Å². The van der Waals surface area contributed by atoms with Crippen molar-refractivity contribution >= 4 is 58.2 Å². The van der Waals surface area contributed by atoms with Gasteiger partial charge in [-0.1, -0.05) is 30.3 Å². The molecule has 0 aliphatic carbocycles. The number of carbonyl (C=O) groups excluding carboxylic acids is 6. The van der Waals surface area contributed by atoms with Gasteiger partial charge in [0.1, 0.15) is 11.5 Å². The molecule has 0 N–H and O–H groups in total. The molecule has 4 amide bonds. The highest BCUT2D eigenvalue weighted by atomic mass is 16.5. The maximum absolute atomic E-state index is 13.5. The maximum Gasteiger partial charge on any atom is 0.308 e. The zero-order valence-electron chi connectivity index (χ0n) is 21.9. The van der Waals surface area contributed by atoms with Crippen molar-refractivity contribution in [2.24, 2.45) is 5.10 Å². The van der Waals surface area contributed by atoms with Crippen molar-refractivity contribution in [3.8, 4) is 11.5 Å². The first-order valence-electron chi connectivity index (χ1n) is 11.6. The Bertz CT molecular complexity index is 1530. The fraction of sp³-hybridized carbons (Fsp3) is 0.179. The molecule has 0 aliphatic rings. The minimum absolute atomic E-state index is 0.0578. The summed E-state index contributed by atoms with van der Waals surface area (Å²) in [6, 6.07) is 14.2. The summed E-state index contributed by atoms with van der Waals surface area (Å²) >= 11 is 0. The summed E-state index contributed by atoms with van der Waals surface area (Å²) in [7, 11) is 0. The second-order valence-corrected chi connectivity index (χ2v) is 8.32. The average Bonchev–Trinajstić information content (AvgIpc) is 2.83. The monoisotopic (exact) mass is 531 g/mol. The number of carbonyl (C=O) groups is 6. The van der Waals surface area contributed by atoms with E-state index >= 15 is 0 Å². The first-order chi connectivity index (χ1) is 18.4. The Morgan fingerprint density at radius 1 is 0.718 bits per heavy atom. The van der Waals surface area contributed by atoms with Crippen molar-refractivity contribution in [3.63, 3.8) is 0 Å². The smallest absolute Gasteiger partial charge is 0.308 e. The summed E-state index contributed by atoms with van der Waals surface area (Å²) in [5.74, 6) is -4.38. The van der Waals surface area contributed by atoms with Crippen LogP contribution in [0.4, 0.5) is 5.69 Å². The van der Waals surface area contributed by atoms with E-state index in [1.807, 2.05) is 12.1 Å². The molecule has 0 spiro atoms. The number of ether oxygens (including phenoxy) is 2. The summed E-state index contributed by atoms with van der Waals surface area (Å²) in [4.78, 5) is 74.1. The molecule has 3 aromatic carbocycles. The first-order valence-corrected chi connectivity index (χ1v) is 11.6. The summed E-state index contributed by atoms with van der Waals surface area (Å²) in [5, 5.41) is 6.07. The van der Waals surface area contributed by atoms with Gasteiger partial charge in [-0.2, -0.15) is 10.1 Å². The largest absolute Gasteiger partial charge is 0.426 e. The van der Waals surface area contributed by atoms with Crippen LogP contribution < -0.4 is 14.4 Å². The number of amides is 4. The zero-order valence-corrected chi connectivity index (χ0v) is 21.9. The number of anilines is 1. The number of nitrogens with zero attached hydrogens (tertiary/aromatic N) is 3. The third-order valence-electron chi connectivity index (χ3n) is 5.31. The lowest BCUT2D eigenvalue weighted by molar-refractivity contribution is -0.132. The van der Waals surface area contributed by atoms with Crippen LogP contribution in [0.25, 0.3) is 10.8 Å². The lowest BCUT2D eigenvalue weighted by Crippen LogP contribution is -2.33. The normalized spacial score (nSPS) is 10.7. The van der Waals surface area contributed by atoms with E-state index < -0.39 is 35.6 Å². The Balaban J connectivity index is 2.11. The Hall–Kier alpha value is -5.19. The van der Waals surface area contributed by atoms with Crippen molar-refractivity contribution in [3.05, 3.63) is 65.7 Å². The van der Waals surface area contributed by atoms with E-state index in [-0.39, 0.29) is 22.7 Å². The highest BCUT2D eigenvalue weighted by Crippen LogP contribution is 2.29. The summed E-state index contributed by atoms with van der Waals surface area (Å²) < 4.78 is 10.5. The molecule has 0 saturated heterocycles. The summed E-state index contributed by atoms with van der Waals surface area (Å²) in [6.07, 6.45) is 1.22. The van der Waals surface area contributed by atoms with Crippen molar-refractivity contribution in [2.75, 3.05) is 4.90 Å². The molecule has 0 aliphatic heterocycles. The van der Waals surface area contributed by atoms with Crippen LogP contribution in [0, 0.1) is 0 Å². The molecule has 3 rings (SSSR count). The van der Waals surface area contributed by atoms with Crippen LogP contribution in [0.1, 0.15) is 50.5 Å². The fourth-order valence-corrected chi connectivity index (χ4v) is 3.81. The van der Waals surface area contributed by atoms with Crippen LogP contribution in [0.3, 0.4) is 0 Å². The Labute approximate surface area is 223 Å². The fourth-order valence-electron chi connectivity index (χ4n) is 3.81. The molecule has 0 unspecified atom stereocenters. The number of imide groups is 2. The van der Waals surface area contributed by atoms with Gasteiger partial charge in [0.05, 0.1) is 17.5 Å². The molecule has 0 atom stereocenters. The van der Waals surface area contributed by atoms with E-state index in [2.05, 4.69) is 5.10 Å². The Morgan fingerprint density at radius 2 is 1.33 bits per heavy atom. The molecule has 0 aromatic heterocycles. The van der Waals surface area contributed by atoms with Crippen LogP contribution in [-0.4, -0.2) is 46.8 Å². The van der Waals surface area contributed by atoms with Crippen LogP contribution in [0.2, 0.25) is 0 Å². The molecule has 3 aromatic rings. The van der Waals surface area contributed by atoms with Gasteiger partial charge < -0.3 is 9.47 Å². The number of hydrogen-bond donors (Lipinski definition) is 0. The first kappa shape index (κ1) is 28.4.